The van der Waals surface area contributed by atoms with Gasteiger partial charge in [-0.2, -0.15) is 0 Å². The van der Waals surface area contributed by atoms with Gasteiger partial charge in [0, 0.05) is 47.0 Å². The van der Waals surface area contributed by atoms with E-state index in [4.69, 9.17) is 35.8 Å². The summed E-state index contributed by atoms with van der Waals surface area (Å²) in [6, 6.07) is 3.15. The molecule has 2 aromatic heterocycles. The summed E-state index contributed by atoms with van der Waals surface area (Å²) in [4.78, 5) is 65.7. The number of benzene rings is 1. The third-order valence-electron chi connectivity index (χ3n) is 11.3. The van der Waals surface area contributed by atoms with Crippen LogP contribution >= 0.6 is 22.9 Å². The molecule has 1 saturated heterocycles. The summed E-state index contributed by atoms with van der Waals surface area (Å²) >= 11 is 8.25. The molecule has 0 radical (unpaired) electrons. The molecule has 14 nitrogen and oxygen atoms in total. The van der Waals surface area contributed by atoms with Crippen LogP contribution in [0.5, 0.6) is 11.5 Å². The monoisotopic (exact) mass is 820 g/mol. The molecule has 4 N–H and O–H groups in total. The lowest BCUT2D eigenvalue weighted by atomic mass is 9.85. The number of alkyl carbamates (subject to hydrolysis) is 1. The number of fused-ring (bicyclic) bond motifs is 3. The summed E-state index contributed by atoms with van der Waals surface area (Å²) in [5, 5.41) is 22.4. The maximum atomic E-state index is 14.7. The van der Waals surface area contributed by atoms with Gasteiger partial charge in [-0.1, -0.05) is 50.6 Å². The van der Waals surface area contributed by atoms with Gasteiger partial charge in [0.1, 0.15) is 52.0 Å². The number of carboxylic acids is 1. The van der Waals surface area contributed by atoms with Gasteiger partial charge in [-0.15, -0.1) is 17.9 Å². The molecule has 7 atom stereocenters. The first-order chi connectivity index (χ1) is 27.0. The lowest BCUT2D eigenvalue weighted by Gasteiger charge is -2.35. The van der Waals surface area contributed by atoms with Crippen molar-refractivity contribution in [2.75, 3.05) is 19.0 Å². The normalized spacial score (nSPS) is 26.6. The summed E-state index contributed by atoms with van der Waals surface area (Å²) in [5.74, 6) is -1.75. The van der Waals surface area contributed by atoms with Crippen molar-refractivity contribution in [3.8, 4) is 22.9 Å². The van der Waals surface area contributed by atoms with Gasteiger partial charge < -0.3 is 40.2 Å². The number of hydrogen-bond donors (Lipinski definition) is 4. The first-order valence-corrected chi connectivity index (χ1v) is 20.5. The Morgan fingerprint density at radius 3 is 2.42 bits per heavy atom. The Hall–Kier alpha value is -4.89. The molecule has 3 amide bonds. The molecule has 3 fully saturated rings. The number of halogens is 1. The molecule has 57 heavy (non-hydrogen) atoms. The third kappa shape index (κ3) is 7.88. The van der Waals surface area contributed by atoms with Gasteiger partial charge in [-0.05, 0) is 50.7 Å². The number of nitrogens with one attached hydrogen (secondary N) is 3. The first kappa shape index (κ1) is 40.3. The average Bonchev–Trinajstić information content (AvgIpc) is 3.61. The number of anilines is 1. The van der Waals surface area contributed by atoms with Crippen molar-refractivity contribution in [1.29, 1.82) is 0 Å². The minimum atomic E-state index is -1.53. The van der Waals surface area contributed by atoms with Crippen LogP contribution in [0.25, 0.3) is 22.3 Å². The number of nitrogens with zero attached hydrogens (tertiary/aromatic N) is 3. The largest absolute Gasteiger partial charge is 0.495 e. The maximum Gasteiger partial charge on any atom is 0.408 e. The molecule has 3 heterocycles. The van der Waals surface area contributed by atoms with E-state index in [2.05, 4.69) is 34.7 Å². The van der Waals surface area contributed by atoms with Gasteiger partial charge in [0.2, 0.25) is 11.8 Å². The Labute approximate surface area is 340 Å². The van der Waals surface area contributed by atoms with Gasteiger partial charge >= 0.3 is 12.1 Å². The van der Waals surface area contributed by atoms with Gasteiger partial charge in [0.05, 0.1) is 24.9 Å². The Bertz CT molecular complexity index is 2120. The number of carboxylic acid groups (broad SMARTS) is 1. The van der Waals surface area contributed by atoms with Crippen LogP contribution in [0.1, 0.15) is 60.3 Å². The second kappa shape index (κ2) is 15.5. The molecule has 1 aromatic carbocycles. The van der Waals surface area contributed by atoms with E-state index in [-0.39, 0.29) is 48.4 Å². The van der Waals surface area contributed by atoms with E-state index in [0.29, 0.717) is 38.9 Å². The molecule has 4 unspecified atom stereocenters. The number of rotatable bonds is 13. The van der Waals surface area contributed by atoms with Crippen LogP contribution in [0.3, 0.4) is 0 Å². The first-order valence-electron chi connectivity index (χ1n) is 19.2. The van der Waals surface area contributed by atoms with Crippen LogP contribution in [-0.2, 0) is 19.1 Å². The third-order valence-corrected chi connectivity index (χ3v) is 12.5. The van der Waals surface area contributed by atoms with E-state index in [1.54, 1.807) is 18.2 Å². The molecular weight excluding hydrogens is 772 g/mol. The highest BCUT2D eigenvalue weighted by Gasteiger charge is 2.61. The second-order valence-corrected chi connectivity index (χ2v) is 18.0. The van der Waals surface area contributed by atoms with E-state index >= 15 is 0 Å². The molecule has 16 heteroatoms. The highest BCUT2D eigenvalue weighted by atomic mass is 35.5. The summed E-state index contributed by atoms with van der Waals surface area (Å²) in [5.41, 5.74) is -0.866. The highest BCUT2D eigenvalue weighted by molar-refractivity contribution is 7.14. The Kier molecular flexibility index (Phi) is 10.9. The number of pyridine rings is 1. The Balaban J connectivity index is 1.21. The molecule has 3 aliphatic carbocycles. The fourth-order valence-electron chi connectivity index (χ4n) is 8.17. The van der Waals surface area contributed by atoms with Crippen molar-refractivity contribution in [2.24, 2.45) is 23.2 Å². The van der Waals surface area contributed by atoms with Crippen LogP contribution in [0.4, 0.5) is 9.93 Å². The predicted molar refractivity (Wildman–Crippen MR) is 217 cm³/mol. The standard InChI is InChI=1S/C41H49ClN6O8S/c1-8-23-17-41(23,37(51)52)47-35(49)28-15-24(18-48(28)36(50)34(40(4,5)6)46-39(53)56-33-21-9-10-22(33)12-11-21)55-30-16-26(27-19-57-38(45-27)43-20(2)3)44-32-25(30)13-14-29(54-7)31(32)42/h8-10,13-14,16,19-24,28,33-34H,1,11-12,15,17-18H2,2-7H3,(H,43,45)(H,46,53)(H,47,49)(H,51,52)/t21?,22?,23?,24?,28-,33?,34+,41+/m0/s1. The van der Waals surface area contributed by atoms with E-state index in [0.717, 1.165) is 12.8 Å². The number of ether oxygens (including phenoxy) is 3. The highest BCUT2D eigenvalue weighted by Crippen LogP contribution is 2.46. The van der Waals surface area contributed by atoms with E-state index < -0.39 is 58.9 Å². The van der Waals surface area contributed by atoms with Crippen molar-refractivity contribution < 1.29 is 38.5 Å². The van der Waals surface area contributed by atoms with Crippen LogP contribution in [0.15, 0.2) is 48.4 Å². The molecule has 7 rings (SSSR count). The minimum Gasteiger partial charge on any atom is -0.495 e. The zero-order chi connectivity index (χ0) is 41.0. The van der Waals surface area contributed by atoms with Crippen molar-refractivity contribution in [1.82, 2.24) is 25.5 Å². The minimum absolute atomic E-state index is 0.0205. The van der Waals surface area contributed by atoms with E-state index in [1.165, 1.54) is 29.4 Å². The van der Waals surface area contributed by atoms with Gasteiger partial charge in [0.15, 0.2) is 5.13 Å². The van der Waals surface area contributed by atoms with Crippen LogP contribution in [0, 0.1) is 23.2 Å². The number of aliphatic carboxylic acids is 1. The molecule has 4 aliphatic rings. The fourth-order valence-corrected chi connectivity index (χ4v) is 9.30. The second-order valence-electron chi connectivity index (χ2n) is 16.7. The number of methoxy groups -OCH3 is 1. The molecular formula is C41H49ClN6O8S. The number of hydrogen-bond acceptors (Lipinski definition) is 11. The lowest BCUT2D eigenvalue weighted by molar-refractivity contribution is -0.146. The van der Waals surface area contributed by atoms with Crippen LogP contribution in [-0.4, -0.2) is 93.4 Å². The van der Waals surface area contributed by atoms with E-state index in [9.17, 15) is 24.3 Å². The van der Waals surface area contributed by atoms with Crippen LogP contribution in [0.2, 0.25) is 5.02 Å². The topological polar surface area (TPSA) is 181 Å². The molecule has 304 valence electrons. The van der Waals surface area contributed by atoms with Crippen LogP contribution < -0.4 is 25.4 Å². The summed E-state index contributed by atoms with van der Waals surface area (Å²) in [6.45, 7) is 13.2. The summed E-state index contributed by atoms with van der Waals surface area (Å²) in [6.07, 6.45) is 5.97. The average molecular weight is 821 g/mol. The van der Waals surface area contributed by atoms with Gasteiger partial charge in [-0.3, -0.25) is 9.59 Å². The number of thiazole rings is 1. The molecule has 1 aliphatic heterocycles. The molecule has 0 spiro atoms. The zero-order valence-corrected chi connectivity index (χ0v) is 34.4. The molecule has 3 aromatic rings. The van der Waals surface area contributed by atoms with E-state index in [1.807, 2.05) is 40.0 Å². The van der Waals surface area contributed by atoms with Crippen molar-refractivity contribution in [3.63, 3.8) is 0 Å². The smallest absolute Gasteiger partial charge is 0.408 e. The summed E-state index contributed by atoms with van der Waals surface area (Å²) in [7, 11) is 1.51. The predicted octanol–water partition coefficient (Wildman–Crippen LogP) is 6.44. The SMILES string of the molecule is C=CC1C[C@]1(NC(=O)[C@@H]1CC(Oc2cc(-c3csc(NC(C)C)n3)nc3c(Cl)c(OC)ccc23)CN1C(=O)[C@@H](NC(=O)OC1C2C=CC1CC2)C(C)(C)C)C(=O)O. The number of aromatic nitrogens is 2. The Morgan fingerprint density at radius 2 is 1.82 bits per heavy atom. The fraction of sp³-hybridized carbons (Fsp3) is 0.512. The molecule has 2 bridgehead atoms. The summed E-state index contributed by atoms with van der Waals surface area (Å²) < 4.78 is 18.1. The molecule has 2 saturated carbocycles. The number of likely N-dealkylation sites (tertiary alicyclic amines) is 1. The number of carbonyl (C=O) groups is 4. The van der Waals surface area contributed by atoms with Crippen molar-refractivity contribution in [2.45, 2.75) is 96.2 Å². The van der Waals surface area contributed by atoms with Crippen molar-refractivity contribution in [3.05, 3.63) is 53.4 Å². The van der Waals surface area contributed by atoms with Gasteiger partial charge in [0.25, 0.3) is 0 Å². The number of amides is 3. The van der Waals surface area contributed by atoms with Crippen molar-refractivity contribution >= 4 is 62.8 Å². The quantitative estimate of drug-likeness (QED) is 0.139. The zero-order valence-electron chi connectivity index (χ0n) is 32.8. The Morgan fingerprint density at radius 1 is 1.11 bits per heavy atom. The number of carbonyl (C=O) groups excluding carboxylic acids is 3. The lowest BCUT2D eigenvalue weighted by Crippen LogP contribution is -2.59. The van der Waals surface area contributed by atoms with Gasteiger partial charge in [-0.25, -0.2) is 19.6 Å². The maximum absolute atomic E-state index is 14.7.